The normalized spacial score (nSPS) is 11.9. The maximum atomic E-state index is 5.60. The topological polar surface area (TPSA) is 44.5 Å². The van der Waals surface area contributed by atoms with Crippen molar-refractivity contribution in [3.8, 4) is 11.8 Å². The summed E-state index contributed by atoms with van der Waals surface area (Å²) in [6.45, 7) is 3.61. The average Bonchev–Trinajstić information content (AvgIpc) is 2.72. The van der Waals surface area contributed by atoms with Gasteiger partial charge in [0.2, 0.25) is 0 Å². The Labute approximate surface area is 101 Å². The highest BCUT2D eigenvalue weighted by molar-refractivity contribution is 7.10. The van der Waals surface area contributed by atoms with Gasteiger partial charge in [0.1, 0.15) is 0 Å². The van der Waals surface area contributed by atoms with E-state index in [2.05, 4.69) is 11.8 Å². The Balaban J connectivity index is 2.40. The molecule has 0 fully saturated rings. The number of nitrogens with two attached hydrogens (primary N) is 1. The second-order valence-corrected chi connectivity index (χ2v) is 4.38. The van der Waals surface area contributed by atoms with Gasteiger partial charge < -0.3 is 15.2 Å². The average molecular weight is 239 g/mol. The fourth-order valence-electron chi connectivity index (χ4n) is 1.18. The van der Waals surface area contributed by atoms with Crippen LogP contribution in [0.3, 0.4) is 0 Å². The molecule has 1 unspecified atom stereocenters. The summed E-state index contributed by atoms with van der Waals surface area (Å²) >= 11 is 1.65. The van der Waals surface area contributed by atoms with E-state index >= 15 is 0 Å². The van der Waals surface area contributed by atoms with E-state index in [1.807, 2.05) is 18.4 Å². The van der Waals surface area contributed by atoms with Gasteiger partial charge in [0.15, 0.2) is 0 Å². The molecule has 1 atom stereocenters. The van der Waals surface area contributed by atoms with Crippen LogP contribution in [0.2, 0.25) is 0 Å². The van der Waals surface area contributed by atoms with Crippen molar-refractivity contribution >= 4 is 11.3 Å². The zero-order valence-electron chi connectivity index (χ0n) is 9.66. The van der Waals surface area contributed by atoms with Crippen molar-refractivity contribution in [2.45, 2.75) is 19.6 Å². The molecule has 0 aliphatic carbocycles. The van der Waals surface area contributed by atoms with E-state index in [0.717, 1.165) is 5.56 Å². The van der Waals surface area contributed by atoms with Crippen molar-refractivity contribution in [1.82, 2.24) is 0 Å². The van der Waals surface area contributed by atoms with Gasteiger partial charge in [-0.3, -0.25) is 0 Å². The van der Waals surface area contributed by atoms with Gasteiger partial charge in [0.05, 0.1) is 25.9 Å². The van der Waals surface area contributed by atoms with E-state index in [9.17, 15) is 0 Å². The third-order valence-corrected chi connectivity index (χ3v) is 2.81. The summed E-state index contributed by atoms with van der Waals surface area (Å²) in [7, 11) is 1.67. The molecule has 1 rings (SSSR count). The van der Waals surface area contributed by atoms with Crippen LogP contribution in [0.5, 0.6) is 0 Å². The molecule has 88 valence electrons. The summed E-state index contributed by atoms with van der Waals surface area (Å²) in [5.41, 5.74) is 6.31. The molecule has 1 heterocycles. The van der Waals surface area contributed by atoms with Gasteiger partial charge in [-0.05, 0) is 13.0 Å². The van der Waals surface area contributed by atoms with Crippen LogP contribution in [0.4, 0.5) is 0 Å². The first kappa shape index (κ1) is 13.2. The minimum Gasteiger partial charge on any atom is -0.382 e. The molecule has 0 aliphatic heterocycles. The highest BCUT2D eigenvalue weighted by atomic mass is 32.1. The smallest absolute Gasteiger partial charge is 0.0814 e. The lowest BCUT2D eigenvalue weighted by molar-refractivity contribution is 0.000925. The second kappa shape index (κ2) is 7.42. The zero-order chi connectivity index (χ0) is 11.8. The van der Waals surface area contributed by atoms with Crippen molar-refractivity contribution in [3.05, 3.63) is 21.9 Å². The van der Waals surface area contributed by atoms with Gasteiger partial charge in [-0.25, -0.2) is 0 Å². The fourth-order valence-corrected chi connectivity index (χ4v) is 1.92. The summed E-state index contributed by atoms with van der Waals surface area (Å²) in [4.78, 5) is 1.17. The Kier molecular flexibility index (Phi) is 6.12. The predicted octanol–water partition coefficient (Wildman–Crippen LogP) is 1.61. The molecule has 4 heteroatoms. The Bertz CT molecular complexity index is 365. The fraction of sp³-hybridized carbons (Fsp3) is 0.500. The van der Waals surface area contributed by atoms with E-state index in [1.54, 1.807) is 18.4 Å². The lowest BCUT2D eigenvalue weighted by Crippen LogP contribution is -2.14. The van der Waals surface area contributed by atoms with Gasteiger partial charge in [-0.2, -0.15) is 0 Å². The van der Waals surface area contributed by atoms with E-state index in [-0.39, 0.29) is 6.10 Å². The maximum Gasteiger partial charge on any atom is 0.0814 e. The Morgan fingerprint density at radius 2 is 2.38 bits per heavy atom. The van der Waals surface area contributed by atoms with Crippen LogP contribution in [0, 0.1) is 11.8 Å². The number of rotatable bonds is 5. The first-order valence-electron chi connectivity index (χ1n) is 5.13. The number of methoxy groups -OCH3 is 1. The van der Waals surface area contributed by atoms with E-state index in [0.29, 0.717) is 19.8 Å². The summed E-state index contributed by atoms with van der Waals surface area (Å²) in [6.07, 6.45) is 0.116. The Hall–Kier alpha value is -0.860. The molecule has 0 aromatic carbocycles. The van der Waals surface area contributed by atoms with Crippen molar-refractivity contribution < 1.29 is 9.47 Å². The molecule has 0 saturated carbocycles. The Morgan fingerprint density at radius 3 is 3.06 bits per heavy atom. The van der Waals surface area contributed by atoms with Gasteiger partial charge in [-0.15, -0.1) is 11.3 Å². The third-order valence-electron chi connectivity index (χ3n) is 1.90. The first-order valence-corrected chi connectivity index (χ1v) is 6.01. The van der Waals surface area contributed by atoms with Crippen LogP contribution >= 0.6 is 11.3 Å². The quantitative estimate of drug-likeness (QED) is 0.794. The summed E-state index contributed by atoms with van der Waals surface area (Å²) in [5.74, 6) is 5.82. The molecule has 0 bridgehead atoms. The molecule has 0 radical (unpaired) electrons. The lowest BCUT2D eigenvalue weighted by Gasteiger charge is -2.10. The number of ether oxygens (including phenoxy) is 2. The van der Waals surface area contributed by atoms with Crippen LogP contribution < -0.4 is 5.73 Å². The summed E-state index contributed by atoms with van der Waals surface area (Å²) < 4.78 is 10.6. The van der Waals surface area contributed by atoms with Crippen molar-refractivity contribution in [2.75, 3.05) is 20.3 Å². The van der Waals surface area contributed by atoms with E-state index < -0.39 is 0 Å². The number of hydrogen-bond donors (Lipinski definition) is 1. The molecule has 1 aromatic rings. The molecular formula is C12H17NO2S. The van der Waals surface area contributed by atoms with Crippen molar-refractivity contribution in [3.63, 3.8) is 0 Å². The zero-order valence-corrected chi connectivity index (χ0v) is 10.5. The van der Waals surface area contributed by atoms with Gasteiger partial charge in [-0.1, -0.05) is 11.8 Å². The van der Waals surface area contributed by atoms with Gasteiger partial charge in [0, 0.05) is 22.9 Å². The second-order valence-electron chi connectivity index (χ2n) is 3.38. The van der Waals surface area contributed by atoms with Crippen LogP contribution in [-0.4, -0.2) is 26.4 Å². The molecule has 1 aromatic heterocycles. The number of hydrogen-bond acceptors (Lipinski definition) is 4. The largest absolute Gasteiger partial charge is 0.382 e. The third kappa shape index (κ3) is 4.77. The molecule has 0 saturated heterocycles. The first-order chi connectivity index (χ1) is 7.76. The van der Waals surface area contributed by atoms with Gasteiger partial charge in [0.25, 0.3) is 0 Å². The standard InChI is InChI=1S/C12H17NO2S/c1-10(7-14-2)15-8-12-6-11(9-16-12)4-3-5-13/h6,9-10H,5,7-8,13H2,1-2H3. The van der Waals surface area contributed by atoms with Crippen molar-refractivity contribution in [2.24, 2.45) is 5.73 Å². The minimum absolute atomic E-state index is 0.116. The van der Waals surface area contributed by atoms with Crippen LogP contribution in [0.25, 0.3) is 0 Å². The molecule has 3 nitrogen and oxygen atoms in total. The van der Waals surface area contributed by atoms with Crippen LogP contribution in [0.15, 0.2) is 11.4 Å². The molecular weight excluding hydrogens is 222 g/mol. The SMILES string of the molecule is COCC(C)OCc1cc(C#CCN)cs1. The predicted molar refractivity (Wildman–Crippen MR) is 66.4 cm³/mol. The van der Waals surface area contributed by atoms with Crippen molar-refractivity contribution in [1.29, 1.82) is 0 Å². The minimum atomic E-state index is 0.116. The van der Waals surface area contributed by atoms with E-state index in [1.165, 1.54) is 4.88 Å². The molecule has 16 heavy (non-hydrogen) atoms. The molecule has 0 amide bonds. The molecule has 0 aliphatic rings. The lowest BCUT2D eigenvalue weighted by atomic mass is 10.3. The summed E-state index contributed by atoms with van der Waals surface area (Å²) in [5, 5.41) is 2.02. The van der Waals surface area contributed by atoms with Crippen LogP contribution in [-0.2, 0) is 16.1 Å². The molecule has 2 N–H and O–H groups in total. The number of thiophene rings is 1. The highest BCUT2D eigenvalue weighted by Gasteiger charge is 2.03. The maximum absolute atomic E-state index is 5.60. The summed E-state index contributed by atoms with van der Waals surface area (Å²) in [6, 6.07) is 2.03. The monoisotopic (exact) mass is 239 g/mol. The Morgan fingerprint density at radius 1 is 1.56 bits per heavy atom. The highest BCUT2D eigenvalue weighted by Crippen LogP contribution is 2.15. The molecule has 0 spiro atoms. The van der Waals surface area contributed by atoms with E-state index in [4.69, 9.17) is 15.2 Å². The van der Waals surface area contributed by atoms with Crippen LogP contribution in [0.1, 0.15) is 17.4 Å². The van der Waals surface area contributed by atoms with Gasteiger partial charge >= 0.3 is 0 Å².